The zero-order valence-electron chi connectivity index (χ0n) is 5.37. The molecule has 0 radical (unpaired) electrons. The van der Waals surface area contributed by atoms with Crippen molar-refractivity contribution < 1.29 is 4.79 Å². The highest BCUT2D eigenvalue weighted by Crippen LogP contribution is 2.48. The van der Waals surface area contributed by atoms with E-state index < -0.39 is 0 Å². The van der Waals surface area contributed by atoms with E-state index in [1.807, 2.05) is 23.5 Å². The molecule has 0 aromatic heterocycles. The highest BCUT2D eigenvalue weighted by molar-refractivity contribution is 8.25. The molecule has 1 aliphatic rings. The Labute approximate surface area is 70.8 Å². The lowest BCUT2D eigenvalue weighted by Gasteiger charge is -2.16. The van der Waals surface area contributed by atoms with Crippen molar-refractivity contribution in [3.8, 4) is 0 Å². The van der Waals surface area contributed by atoms with Gasteiger partial charge < -0.3 is 0 Å². The molecular formula is C5H8NOPS2. The van der Waals surface area contributed by atoms with E-state index in [-0.39, 0.29) is 3.82 Å². The van der Waals surface area contributed by atoms with Crippen LogP contribution in [0.2, 0.25) is 0 Å². The van der Waals surface area contributed by atoms with E-state index in [1.54, 1.807) is 6.08 Å². The summed E-state index contributed by atoms with van der Waals surface area (Å²) in [6.07, 6.45) is 1.55. The van der Waals surface area contributed by atoms with Crippen LogP contribution in [0.1, 0.15) is 0 Å². The lowest BCUT2D eigenvalue weighted by Crippen LogP contribution is -2.10. The average Bonchev–Trinajstić information content (AvgIpc) is 2.33. The maximum atomic E-state index is 9.78. The quantitative estimate of drug-likeness (QED) is 0.376. The standard InChI is InChI=1S/C5H8NOPS2/c7-4-6-3-5(8)9-1-2-10-5/h1-3,8H2. The average molecular weight is 193 g/mol. The summed E-state index contributed by atoms with van der Waals surface area (Å²) in [7, 11) is 2.73. The molecule has 0 aromatic carbocycles. The Morgan fingerprint density at radius 3 is 2.70 bits per heavy atom. The van der Waals surface area contributed by atoms with Crippen molar-refractivity contribution in [2.75, 3.05) is 18.1 Å². The van der Waals surface area contributed by atoms with Crippen molar-refractivity contribution in [1.29, 1.82) is 0 Å². The molecular weight excluding hydrogens is 185 g/mol. The fourth-order valence-corrected chi connectivity index (χ4v) is 4.01. The van der Waals surface area contributed by atoms with Crippen molar-refractivity contribution >= 4 is 38.8 Å². The van der Waals surface area contributed by atoms with Crippen LogP contribution in [-0.2, 0) is 4.79 Å². The van der Waals surface area contributed by atoms with Gasteiger partial charge in [-0.15, -0.1) is 32.8 Å². The highest BCUT2D eigenvalue weighted by atomic mass is 32.2. The summed E-state index contributed by atoms with van der Waals surface area (Å²) in [5.41, 5.74) is 0. The number of rotatable bonds is 2. The Kier molecular flexibility index (Phi) is 3.25. The fourth-order valence-electron chi connectivity index (χ4n) is 0.704. The largest absolute Gasteiger partial charge is 0.235 e. The summed E-state index contributed by atoms with van der Waals surface area (Å²) in [4.78, 5) is 13.3. The summed E-state index contributed by atoms with van der Waals surface area (Å²) in [6, 6.07) is 0. The molecule has 0 aromatic rings. The number of thioether (sulfide) groups is 2. The molecule has 2 nitrogen and oxygen atoms in total. The van der Waals surface area contributed by atoms with Gasteiger partial charge in [0.1, 0.15) is 0 Å². The van der Waals surface area contributed by atoms with Crippen LogP contribution in [0.5, 0.6) is 0 Å². The van der Waals surface area contributed by atoms with Crippen molar-refractivity contribution in [2.24, 2.45) is 4.99 Å². The maximum absolute atomic E-state index is 9.78. The van der Waals surface area contributed by atoms with E-state index in [0.29, 0.717) is 6.54 Å². The number of hydrogen-bond acceptors (Lipinski definition) is 4. The Balaban J connectivity index is 2.42. The van der Waals surface area contributed by atoms with Crippen molar-refractivity contribution in [2.45, 2.75) is 3.82 Å². The van der Waals surface area contributed by atoms with Gasteiger partial charge in [0, 0.05) is 11.5 Å². The summed E-state index contributed by atoms with van der Waals surface area (Å²) >= 11 is 3.68. The molecule has 1 rings (SSSR count). The van der Waals surface area contributed by atoms with Crippen molar-refractivity contribution in [3.63, 3.8) is 0 Å². The Morgan fingerprint density at radius 1 is 1.60 bits per heavy atom. The predicted octanol–water partition coefficient (Wildman–Crippen LogP) is 1.33. The smallest absolute Gasteiger partial charge is 0.211 e. The van der Waals surface area contributed by atoms with Gasteiger partial charge in [0.2, 0.25) is 6.08 Å². The second-order valence-electron chi connectivity index (χ2n) is 1.92. The van der Waals surface area contributed by atoms with Crippen LogP contribution in [0.3, 0.4) is 0 Å². The second-order valence-corrected chi connectivity index (χ2v) is 6.85. The van der Waals surface area contributed by atoms with Crippen LogP contribution in [-0.4, -0.2) is 28.0 Å². The monoisotopic (exact) mass is 193 g/mol. The van der Waals surface area contributed by atoms with Crippen LogP contribution in [0.4, 0.5) is 0 Å². The van der Waals surface area contributed by atoms with Crippen LogP contribution in [0.25, 0.3) is 0 Å². The van der Waals surface area contributed by atoms with E-state index in [1.165, 1.54) is 0 Å². The van der Waals surface area contributed by atoms with Gasteiger partial charge >= 0.3 is 0 Å². The Bertz CT molecular complexity index is 163. The zero-order chi connectivity index (χ0) is 7.45. The summed E-state index contributed by atoms with van der Waals surface area (Å²) < 4.78 is 0.0669. The van der Waals surface area contributed by atoms with Gasteiger partial charge in [0.25, 0.3) is 0 Å². The number of carbonyl (C=O) groups excluding carboxylic acids is 1. The van der Waals surface area contributed by atoms with Gasteiger partial charge in [-0.3, -0.25) is 0 Å². The van der Waals surface area contributed by atoms with Crippen LogP contribution >= 0.6 is 32.8 Å². The molecule has 0 saturated carbocycles. The van der Waals surface area contributed by atoms with Gasteiger partial charge in [0.05, 0.1) is 10.4 Å². The third-order valence-corrected chi connectivity index (χ3v) is 5.34. The first-order valence-electron chi connectivity index (χ1n) is 2.87. The predicted molar refractivity (Wildman–Crippen MR) is 50.3 cm³/mol. The molecule has 56 valence electrons. The molecule has 0 N–H and O–H groups in total. The second kappa shape index (κ2) is 3.77. The molecule has 1 atom stereocenters. The number of isocyanates is 1. The SMILES string of the molecule is O=C=NCC1(P)SCCS1. The van der Waals surface area contributed by atoms with Gasteiger partial charge in [-0.2, -0.15) is 0 Å². The van der Waals surface area contributed by atoms with E-state index in [2.05, 4.69) is 14.2 Å². The zero-order valence-corrected chi connectivity index (χ0v) is 8.16. The molecule has 1 heterocycles. The summed E-state index contributed by atoms with van der Waals surface area (Å²) in [5, 5.41) is 0. The van der Waals surface area contributed by atoms with Crippen molar-refractivity contribution in [1.82, 2.24) is 0 Å². The van der Waals surface area contributed by atoms with Crippen LogP contribution in [0, 0.1) is 0 Å². The normalized spacial score (nSPS) is 22.1. The first-order valence-corrected chi connectivity index (χ1v) is 5.42. The number of hydrogen-bond donors (Lipinski definition) is 0. The van der Waals surface area contributed by atoms with Gasteiger partial charge in [-0.05, 0) is 0 Å². The van der Waals surface area contributed by atoms with E-state index in [4.69, 9.17) is 0 Å². The Morgan fingerprint density at radius 2 is 2.20 bits per heavy atom. The molecule has 1 unspecified atom stereocenters. The van der Waals surface area contributed by atoms with Gasteiger partial charge in [-0.1, -0.05) is 0 Å². The minimum atomic E-state index is 0.0669. The summed E-state index contributed by atoms with van der Waals surface area (Å²) in [6.45, 7) is 0.566. The lowest BCUT2D eigenvalue weighted by atomic mass is 10.8. The first-order chi connectivity index (χ1) is 4.77. The minimum Gasteiger partial charge on any atom is -0.211 e. The molecule has 0 spiro atoms. The molecule has 5 heteroatoms. The Hall–Kier alpha value is 0.510. The molecule has 1 saturated heterocycles. The molecule has 0 aliphatic carbocycles. The molecule has 1 fully saturated rings. The third kappa shape index (κ3) is 2.28. The number of aliphatic imine (C=N–C) groups is 1. The van der Waals surface area contributed by atoms with Crippen LogP contribution < -0.4 is 0 Å². The molecule has 0 amide bonds. The topological polar surface area (TPSA) is 29.4 Å². The van der Waals surface area contributed by atoms with Gasteiger partial charge in [0.15, 0.2) is 0 Å². The van der Waals surface area contributed by atoms with E-state index in [0.717, 1.165) is 11.5 Å². The fraction of sp³-hybridized carbons (Fsp3) is 0.800. The number of nitrogens with zero attached hydrogens (tertiary/aromatic N) is 1. The third-order valence-electron chi connectivity index (χ3n) is 1.14. The maximum Gasteiger partial charge on any atom is 0.235 e. The lowest BCUT2D eigenvalue weighted by molar-refractivity contribution is 0.563. The van der Waals surface area contributed by atoms with Crippen molar-refractivity contribution in [3.05, 3.63) is 0 Å². The highest BCUT2D eigenvalue weighted by Gasteiger charge is 2.29. The van der Waals surface area contributed by atoms with E-state index in [9.17, 15) is 4.79 Å². The molecule has 1 aliphatic heterocycles. The molecule has 0 bridgehead atoms. The first kappa shape index (κ1) is 8.61. The van der Waals surface area contributed by atoms with E-state index >= 15 is 0 Å². The van der Waals surface area contributed by atoms with Gasteiger partial charge in [-0.25, -0.2) is 9.79 Å². The van der Waals surface area contributed by atoms with Crippen LogP contribution in [0.15, 0.2) is 4.99 Å². The molecule has 10 heavy (non-hydrogen) atoms. The summed E-state index contributed by atoms with van der Waals surface area (Å²) in [5.74, 6) is 2.31. The minimum absolute atomic E-state index is 0.0669.